The number of nitrogens with zero attached hydrogens (tertiary/aromatic N) is 6. The summed E-state index contributed by atoms with van der Waals surface area (Å²) in [5.41, 5.74) is -0.370. The van der Waals surface area contributed by atoms with Gasteiger partial charge in [0.1, 0.15) is 34.3 Å². The van der Waals surface area contributed by atoms with Crippen LogP contribution in [0.2, 0.25) is 0 Å². The lowest BCUT2D eigenvalue weighted by atomic mass is 9.93. The van der Waals surface area contributed by atoms with Crippen LogP contribution in [-0.4, -0.2) is 67.1 Å². The maximum Gasteiger partial charge on any atom is 0.415 e. The molecule has 41 heavy (non-hydrogen) atoms. The Hall–Kier alpha value is -4.78. The van der Waals surface area contributed by atoms with Gasteiger partial charge in [0.05, 0.1) is 6.20 Å². The second-order valence-corrected chi connectivity index (χ2v) is 10.3. The normalized spacial score (nSPS) is 13.0. The molecule has 5 rings (SSSR count). The summed E-state index contributed by atoms with van der Waals surface area (Å²) in [5, 5.41) is 17.4. The molecule has 1 aliphatic carbocycles. The molecule has 0 unspecified atom stereocenters. The molecular formula is C28H34N8O5. The van der Waals surface area contributed by atoms with E-state index in [-0.39, 0.29) is 40.2 Å². The highest BCUT2D eigenvalue weighted by Crippen LogP contribution is 2.25. The van der Waals surface area contributed by atoms with E-state index >= 15 is 0 Å². The Labute approximate surface area is 236 Å². The molecule has 0 atom stereocenters. The Morgan fingerprint density at radius 2 is 1.90 bits per heavy atom. The summed E-state index contributed by atoms with van der Waals surface area (Å²) in [4.78, 5) is 49.4. The Balaban J connectivity index is 0.00000189. The van der Waals surface area contributed by atoms with Crippen molar-refractivity contribution < 1.29 is 19.4 Å². The molecule has 0 aliphatic heterocycles. The third kappa shape index (κ3) is 6.52. The molecule has 13 heteroatoms. The largest absolute Gasteiger partial charge is 0.443 e. The van der Waals surface area contributed by atoms with Gasteiger partial charge in [-0.15, -0.1) is 0 Å². The first-order valence-electron chi connectivity index (χ1n) is 13.1. The summed E-state index contributed by atoms with van der Waals surface area (Å²) in [6.07, 6.45) is 6.95. The smallest absolute Gasteiger partial charge is 0.415 e. The fraction of sp³-hybridized carbons (Fsp3) is 0.357. The van der Waals surface area contributed by atoms with E-state index in [0.29, 0.717) is 11.6 Å². The molecule has 1 aliphatic rings. The predicted molar refractivity (Wildman–Crippen MR) is 154 cm³/mol. The standard InChI is InChI=1S/C27H30N8O4.CH4O/c1-27(2,3)39-26(38)33(4)22-15-20(31-19-11-8-14-34(25(19)37)21-12-5-6-13-28-21)32-23-18(16-29-35(22)23)24(36)30-17-9-7-10-17;1-2/h5-6,8,11-17H,7,9-10H2,1-4H3,(H,30,36)(H,31,32);2H,1H3. The Morgan fingerprint density at radius 3 is 2.54 bits per heavy atom. The zero-order chi connectivity index (χ0) is 29.7. The van der Waals surface area contributed by atoms with E-state index in [1.165, 1.54) is 20.2 Å². The number of nitrogens with one attached hydrogen (secondary N) is 2. The van der Waals surface area contributed by atoms with E-state index in [1.807, 2.05) is 0 Å². The molecule has 2 amide bonds. The number of fused-ring (bicyclic) bond motifs is 1. The molecule has 216 valence electrons. The van der Waals surface area contributed by atoms with E-state index in [2.05, 4.69) is 25.7 Å². The molecule has 1 fully saturated rings. The summed E-state index contributed by atoms with van der Waals surface area (Å²) in [6, 6.07) is 10.3. The van der Waals surface area contributed by atoms with Crippen molar-refractivity contribution in [2.45, 2.75) is 51.7 Å². The summed E-state index contributed by atoms with van der Waals surface area (Å²) in [6.45, 7) is 5.31. The minimum Gasteiger partial charge on any atom is -0.443 e. The maximum atomic E-state index is 13.3. The molecule has 1 saturated carbocycles. The fourth-order valence-corrected chi connectivity index (χ4v) is 4.05. The van der Waals surface area contributed by atoms with E-state index in [9.17, 15) is 14.4 Å². The third-order valence-electron chi connectivity index (χ3n) is 6.26. The van der Waals surface area contributed by atoms with Crippen LogP contribution in [-0.2, 0) is 4.74 Å². The molecule has 0 spiro atoms. The highest BCUT2D eigenvalue weighted by Gasteiger charge is 2.27. The molecule has 4 heterocycles. The average molecular weight is 563 g/mol. The summed E-state index contributed by atoms with van der Waals surface area (Å²) in [7, 11) is 2.54. The maximum absolute atomic E-state index is 13.3. The number of aromatic nitrogens is 5. The lowest BCUT2D eigenvalue weighted by Gasteiger charge is -2.26. The van der Waals surface area contributed by atoms with Crippen LogP contribution in [0.25, 0.3) is 11.5 Å². The second kappa shape index (κ2) is 12.2. The molecule has 0 saturated heterocycles. The Kier molecular flexibility index (Phi) is 8.67. The van der Waals surface area contributed by atoms with Crippen molar-refractivity contribution in [2.24, 2.45) is 0 Å². The van der Waals surface area contributed by atoms with Crippen LogP contribution >= 0.6 is 0 Å². The van der Waals surface area contributed by atoms with Gasteiger partial charge in [0.15, 0.2) is 5.65 Å². The molecule has 0 radical (unpaired) electrons. The minimum absolute atomic E-state index is 0.118. The van der Waals surface area contributed by atoms with Crippen LogP contribution in [0.4, 0.5) is 22.1 Å². The zero-order valence-corrected chi connectivity index (χ0v) is 23.7. The lowest BCUT2D eigenvalue weighted by molar-refractivity contribution is 0.0587. The minimum atomic E-state index is -0.725. The highest BCUT2D eigenvalue weighted by molar-refractivity contribution is 6.00. The predicted octanol–water partition coefficient (Wildman–Crippen LogP) is 3.28. The fourth-order valence-electron chi connectivity index (χ4n) is 4.05. The number of aliphatic hydroxyl groups is 1. The number of hydrogen-bond donors (Lipinski definition) is 3. The van der Waals surface area contributed by atoms with Crippen LogP contribution in [0.1, 0.15) is 50.4 Å². The van der Waals surface area contributed by atoms with Gasteiger partial charge in [0.25, 0.3) is 11.5 Å². The molecule has 0 aromatic carbocycles. The van der Waals surface area contributed by atoms with E-state index in [1.54, 1.807) is 76.6 Å². The molecule has 0 bridgehead atoms. The van der Waals surface area contributed by atoms with Crippen LogP contribution in [0.3, 0.4) is 0 Å². The zero-order valence-electron chi connectivity index (χ0n) is 23.7. The van der Waals surface area contributed by atoms with Gasteiger partial charge in [0.2, 0.25) is 0 Å². The second-order valence-electron chi connectivity index (χ2n) is 10.3. The first kappa shape index (κ1) is 29.2. The van der Waals surface area contributed by atoms with Crippen LogP contribution in [0.15, 0.2) is 59.8 Å². The van der Waals surface area contributed by atoms with Gasteiger partial charge in [0, 0.05) is 38.7 Å². The summed E-state index contributed by atoms with van der Waals surface area (Å²) < 4.78 is 8.35. The summed E-state index contributed by atoms with van der Waals surface area (Å²) in [5.74, 6) is 0.690. The number of hydrogen-bond acceptors (Lipinski definition) is 9. The number of rotatable bonds is 6. The van der Waals surface area contributed by atoms with E-state index in [4.69, 9.17) is 9.84 Å². The number of carbonyl (C=O) groups excluding carboxylic acids is 2. The Morgan fingerprint density at radius 1 is 1.15 bits per heavy atom. The van der Waals surface area contributed by atoms with Crippen molar-refractivity contribution in [3.8, 4) is 5.82 Å². The number of aliphatic hydroxyl groups excluding tert-OH is 1. The van der Waals surface area contributed by atoms with E-state index < -0.39 is 11.7 Å². The van der Waals surface area contributed by atoms with Crippen molar-refractivity contribution in [3.05, 3.63) is 70.9 Å². The summed E-state index contributed by atoms with van der Waals surface area (Å²) >= 11 is 0. The van der Waals surface area contributed by atoms with Gasteiger partial charge in [-0.2, -0.15) is 9.61 Å². The highest BCUT2D eigenvalue weighted by atomic mass is 16.6. The van der Waals surface area contributed by atoms with Crippen LogP contribution < -0.4 is 21.1 Å². The van der Waals surface area contributed by atoms with Crippen molar-refractivity contribution in [1.29, 1.82) is 0 Å². The van der Waals surface area contributed by atoms with Crippen molar-refractivity contribution in [2.75, 3.05) is 24.4 Å². The van der Waals surface area contributed by atoms with Crippen LogP contribution in [0, 0.1) is 0 Å². The number of anilines is 3. The number of amides is 2. The number of ether oxygens (including phenoxy) is 1. The lowest BCUT2D eigenvalue weighted by Crippen LogP contribution is -2.39. The first-order chi connectivity index (χ1) is 19.6. The third-order valence-corrected chi connectivity index (χ3v) is 6.26. The van der Waals surface area contributed by atoms with Crippen molar-refractivity contribution >= 4 is 35.0 Å². The quantitative estimate of drug-likeness (QED) is 0.321. The molecule has 3 N–H and O–H groups in total. The van der Waals surface area contributed by atoms with Gasteiger partial charge in [-0.25, -0.2) is 14.8 Å². The van der Waals surface area contributed by atoms with Crippen molar-refractivity contribution in [1.82, 2.24) is 29.5 Å². The number of pyridine rings is 2. The van der Waals surface area contributed by atoms with Gasteiger partial charge < -0.3 is 20.5 Å². The number of carbonyl (C=O) groups is 2. The first-order valence-corrected chi connectivity index (χ1v) is 13.1. The van der Waals surface area contributed by atoms with Gasteiger partial charge in [-0.3, -0.25) is 19.1 Å². The van der Waals surface area contributed by atoms with Crippen molar-refractivity contribution in [3.63, 3.8) is 0 Å². The molecule has 4 aromatic rings. The SMILES string of the molecule is CN(C(=O)OC(C)(C)C)c1cc(Nc2cccn(-c3ccccn3)c2=O)nc2c(C(=O)NC3CCC3)cnn12.CO. The molecular weight excluding hydrogens is 528 g/mol. The topological polar surface area (TPSA) is 156 Å². The van der Waals surface area contributed by atoms with Gasteiger partial charge in [-0.05, 0) is 64.3 Å². The molecule has 4 aromatic heterocycles. The molecule has 13 nitrogen and oxygen atoms in total. The van der Waals surface area contributed by atoms with Crippen LogP contribution in [0.5, 0.6) is 0 Å². The average Bonchev–Trinajstić information content (AvgIpc) is 3.36. The van der Waals surface area contributed by atoms with E-state index in [0.717, 1.165) is 26.4 Å². The Bertz CT molecular complexity index is 1590. The van der Waals surface area contributed by atoms with Gasteiger partial charge in [-0.1, -0.05) is 6.07 Å². The monoisotopic (exact) mass is 562 g/mol. The van der Waals surface area contributed by atoms with Gasteiger partial charge >= 0.3 is 6.09 Å².